The summed E-state index contributed by atoms with van der Waals surface area (Å²) in [6, 6.07) is 12.0. The molecule has 0 aliphatic heterocycles. The van der Waals surface area contributed by atoms with Crippen LogP contribution in [0.25, 0.3) is 16.7 Å². The standard InChI is InChI=1S/C17H14ClN5S/c1-10-7-11(2)23-16(19-10)21-17(22-23)24-9-13-8-12-5-3-4-6-14(12)20-15(13)18/h3-8H,9H2,1-2H3. The molecule has 3 heterocycles. The maximum Gasteiger partial charge on any atom is 0.253 e. The maximum atomic E-state index is 6.31. The van der Waals surface area contributed by atoms with E-state index < -0.39 is 0 Å². The Hall–Kier alpha value is -2.18. The highest BCUT2D eigenvalue weighted by molar-refractivity contribution is 7.98. The van der Waals surface area contributed by atoms with Crippen molar-refractivity contribution in [1.29, 1.82) is 0 Å². The Kier molecular flexibility index (Phi) is 3.86. The predicted octanol–water partition coefficient (Wildman–Crippen LogP) is 4.24. The number of aryl methyl sites for hydroxylation is 2. The Bertz CT molecular complexity index is 1060. The largest absolute Gasteiger partial charge is 0.253 e. The first-order valence-electron chi connectivity index (χ1n) is 7.48. The van der Waals surface area contributed by atoms with E-state index in [4.69, 9.17) is 11.6 Å². The van der Waals surface area contributed by atoms with Crippen LogP contribution in [0.3, 0.4) is 0 Å². The number of para-hydroxylation sites is 1. The van der Waals surface area contributed by atoms with Crippen molar-refractivity contribution in [2.75, 3.05) is 0 Å². The van der Waals surface area contributed by atoms with Crippen molar-refractivity contribution >= 4 is 40.0 Å². The minimum atomic E-state index is 0.523. The molecule has 1 aromatic carbocycles. The fourth-order valence-electron chi connectivity index (χ4n) is 2.59. The zero-order valence-electron chi connectivity index (χ0n) is 13.2. The van der Waals surface area contributed by atoms with Crippen LogP contribution in [-0.4, -0.2) is 24.6 Å². The van der Waals surface area contributed by atoms with Crippen molar-refractivity contribution in [1.82, 2.24) is 24.6 Å². The first kappa shape index (κ1) is 15.4. The first-order valence-corrected chi connectivity index (χ1v) is 8.84. The van der Waals surface area contributed by atoms with Gasteiger partial charge in [0, 0.05) is 28.1 Å². The lowest BCUT2D eigenvalue weighted by atomic mass is 10.2. The highest BCUT2D eigenvalue weighted by Crippen LogP contribution is 2.27. The molecule has 0 atom stereocenters. The number of pyridine rings is 1. The summed E-state index contributed by atoms with van der Waals surface area (Å²) >= 11 is 7.84. The Balaban J connectivity index is 1.63. The van der Waals surface area contributed by atoms with Crippen LogP contribution in [0, 0.1) is 13.8 Å². The zero-order valence-corrected chi connectivity index (χ0v) is 14.8. The van der Waals surface area contributed by atoms with Gasteiger partial charge in [0.15, 0.2) is 0 Å². The van der Waals surface area contributed by atoms with Crippen LogP contribution in [0.5, 0.6) is 0 Å². The molecule has 4 aromatic rings. The number of thioether (sulfide) groups is 1. The number of aromatic nitrogens is 5. The number of hydrogen-bond acceptors (Lipinski definition) is 5. The molecule has 0 N–H and O–H groups in total. The van der Waals surface area contributed by atoms with Crippen molar-refractivity contribution in [2.45, 2.75) is 24.8 Å². The van der Waals surface area contributed by atoms with Gasteiger partial charge >= 0.3 is 0 Å². The van der Waals surface area contributed by atoms with Gasteiger partial charge in [-0.1, -0.05) is 41.6 Å². The zero-order chi connectivity index (χ0) is 16.7. The van der Waals surface area contributed by atoms with E-state index in [-0.39, 0.29) is 0 Å². The van der Waals surface area contributed by atoms with E-state index in [1.54, 1.807) is 4.52 Å². The fraction of sp³-hybridized carbons (Fsp3) is 0.176. The summed E-state index contributed by atoms with van der Waals surface area (Å²) in [7, 11) is 0. The van der Waals surface area contributed by atoms with Crippen LogP contribution in [0.1, 0.15) is 17.0 Å². The minimum absolute atomic E-state index is 0.523. The molecule has 0 fully saturated rings. The molecule has 0 saturated heterocycles. The summed E-state index contributed by atoms with van der Waals surface area (Å²) in [6.45, 7) is 3.95. The maximum absolute atomic E-state index is 6.31. The van der Waals surface area contributed by atoms with Crippen molar-refractivity contribution in [3.8, 4) is 0 Å². The van der Waals surface area contributed by atoms with Gasteiger partial charge in [-0.05, 0) is 32.0 Å². The van der Waals surface area contributed by atoms with E-state index in [0.717, 1.165) is 27.9 Å². The third-order valence-corrected chi connectivity index (χ3v) is 4.92. The summed E-state index contributed by atoms with van der Waals surface area (Å²) in [5.74, 6) is 1.28. The van der Waals surface area contributed by atoms with E-state index >= 15 is 0 Å². The van der Waals surface area contributed by atoms with Gasteiger partial charge in [-0.25, -0.2) is 14.5 Å². The average Bonchev–Trinajstić information content (AvgIpc) is 2.96. The molecule has 24 heavy (non-hydrogen) atoms. The predicted molar refractivity (Wildman–Crippen MR) is 96.6 cm³/mol. The van der Waals surface area contributed by atoms with E-state index in [1.165, 1.54) is 11.8 Å². The van der Waals surface area contributed by atoms with Gasteiger partial charge in [-0.15, -0.1) is 5.10 Å². The van der Waals surface area contributed by atoms with Gasteiger partial charge in [-0.2, -0.15) is 4.98 Å². The van der Waals surface area contributed by atoms with Crippen LogP contribution in [0.4, 0.5) is 0 Å². The van der Waals surface area contributed by atoms with Gasteiger partial charge in [0.05, 0.1) is 5.52 Å². The molecule has 0 unspecified atom stereocenters. The molecule has 5 nitrogen and oxygen atoms in total. The molecule has 0 radical (unpaired) electrons. The smallest absolute Gasteiger partial charge is 0.236 e. The molecule has 7 heteroatoms. The lowest BCUT2D eigenvalue weighted by Crippen LogP contribution is -1.97. The molecule has 4 rings (SSSR count). The van der Waals surface area contributed by atoms with Crippen molar-refractivity contribution in [3.05, 3.63) is 58.5 Å². The van der Waals surface area contributed by atoms with Crippen molar-refractivity contribution in [3.63, 3.8) is 0 Å². The monoisotopic (exact) mass is 355 g/mol. The van der Waals surface area contributed by atoms with Gasteiger partial charge in [0.1, 0.15) is 5.15 Å². The molecule has 0 bridgehead atoms. The Morgan fingerprint density at radius 1 is 1.08 bits per heavy atom. The van der Waals surface area contributed by atoms with Crippen molar-refractivity contribution in [2.24, 2.45) is 0 Å². The van der Waals surface area contributed by atoms with Crippen LogP contribution in [0.2, 0.25) is 5.15 Å². The van der Waals surface area contributed by atoms with Gasteiger partial charge < -0.3 is 0 Å². The summed E-state index contributed by atoms with van der Waals surface area (Å²) in [6.07, 6.45) is 0. The molecule has 0 amide bonds. The van der Waals surface area contributed by atoms with Crippen LogP contribution >= 0.6 is 23.4 Å². The second-order valence-corrected chi connectivity index (χ2v) is 6.87. The highest BCUT2D eigenvalue weighted by atomic mass is 35.5. The number of benzene rings is 1. The Morgan fingerprint density at radius 3 is 2.79 bits per heavy atom. The average molecular weight is 356 g/mol. The molecule has 0 saturated carbocycles. The minimum Gasteiger partial charge on any atom is -0.236 e. The number of fused-ring (bicyclic) bond motifs is 2. The SMILES string of the molecule is Cc1cc(C)n2nc(SCc3cc4ccccc4nc3Cl)nc2n1. The van der Waals surface area contributed by atoms with E-state index in [9.17, 15) is 0 Å². The first-order chi connectivity index (χ1) is 11.6. The molecule has 0 spiro atoms. The van der Waals surface area contributed by atoms with Crippen molar-refractivity contribution < 1.29 is 0 Å². The van der Waals surface area contributed by atoms with E-state index in [0.29, 0.717) is 21.8 Å². The third-order valence-electron chi connectivity index (χ3n) is 3.71. The lowest BCUT2D eigenvalue weighted by molar-refractivity contribution is 0.843. The van der Waals surface area contributed by atoms with E-state index in [2.05, 4.69) is 26.1 Å². The number of rotatable bonds is 3. The summed E-state index contributed by atoms with van der Waals surface area (Å²) in [4.78, 5) is 13.3. The second-order valence-electron chi connectivity index (χ2n) is 5.56. The Labute approximate surface area is 148 Å². The van der Waals surface area contributed by atoms with Crippen LogP contribution < -0.4 is 0 Å². The number of nitrogens with zero attached hydrogens (tertiary/aromatic N) is 5. The number of halogens is 1. The summed E-state index contributed by atoms with van der Waals surface area (Å²) < 4.78 is 1.76. The second kappa shape index (κ2) is 6.03. The van der Waals surface area contributed by atoms with E-state index in [1.807, 2.05) is 44.2 Å². The van der Waals surface area contributed by atoms with Crippen LogP contribution in [-0.2, 0) is 5.75 Å². The van der Waals surface area contributed by atoms with Crippen LogP contribution in [0.15, 0.2) is 41.6 Å². The third kappa shape index (κ3) is 2.83. The van der Waals surface area contributed by atoms with Gasteiger partial charge in [-0.3, -0.25) is 0 Å². The summed E-state index contributed by atoms with van der Waals surface area (Å²) in [5, 5.41) is 6.78. The van der Waals surface area contributed by atoms with Gasteiger partial charge in [0.25, 0.3) is 5.78 Å². The normalized spacial score (nSPS) is 11.5. The van der Waals surface area contributed by atoms with Gasteiger partial charge in [0.2, 0.25) is 5.16 Å². The molecular weight excluding hydrogens is 342 g/mol. The molecule has 0 aliphatic carbocycles. The summed E-state index contributed by atoms with van der Waals surface area (Å²) in [5.41, 5.74) is 3.82. The topological polar surface area (TPSA) is 56.0 Å². The fourth-order valence-corrected chi connectivity index (χ4v) is 3.67. The number of hydrogen-bond donors (Lipinski definition) is 0. The molecular formula is C17H14ClN5S. The molecule has 0 aliphatic rings. The Morgan fingerprint density at radius 2 is 1.92 bits per heavy atom. The molecule has 3 aromatic heterocycles. The lowest BCUT2D eigenvalue weighted by Gasteiger charge is -2.04. The quantitative estimate of drug-likeness (QED) is 0.406. The highest BCUT2D eigenvalue weighted by Gasteiger charge is 2.11. The molecule has 120 valence electrons.